The minimum absolute atomic E-state index is 0.0667. The third kappa shape index (κ3) is 2.30. The molecule has 0 N–H and O–H groups in total. The summed E-state index contributed by atoms with van der Waals surface area (Å²) in [6.45, 7) is 1.31. The summed E-state index contributed by atoms with van der Waals surface area (Å²) in [5.74, 6) is 0.656. The van der Waals surface area contributed by atoms with E-state index in [0.717, 1.165) is 18.6 Å². The number of amides is 1. The summed E-state index contributed by atoms with van der Waals surface area (Å²) in [6, 6.07) is 1.74. The van der Waals surface area contributed by atoms with Crippen molar-refractivity contribution in [2.45, 2.75) is 12.8 Å². The molecule has 1 aromatic heterocycles. The van der Waals surface area contributed by atoms with Gasteiger partial charge in [0, 0.05) is 18.0 Å². The highest BCUT2D eigenvalue weighted by atomic mass is 32.1. The molecule has 2 heterocycles. The smallest absolute Gasteiger partial charge is 0.287 e. The van der Waals surface area contributed by atoms with E-state index in [1.165, 1.54) is 16.4 Å². The minimum atomic E-state index is -0.0667. The van der Waals surface area contributed by atoms with Crippen molar-refractivity contribution >= 4 is 17.2 Å². The lowest BCUT2D eigenvalue weighted by Crippen LogP contribution is -2.35. The highest BCUT2D eigenvalue weighted by molar-refractivity contribution is 7.12. The van der Waals surface area contributed by atoms with Crippen LogP contribution in [0.2, 0.25) is 0 Å². The highest BCUT2D eigenvalue weighted by Gasteiger charge is 2.20. The molecule has 2 rings (SSSR count). The first-order valence-corrected chi connectivity index (χ1v) is 5.76. The number of methoxy groups -OCH3 is 1. The first kappa shape index (κ1) is 10.4. The van der Waals surface area contributed by atoms with Gasteiger partial charge in [-0.05, 0) is 12.8 Å². The quantitative estimate of drug-likeness (QED) is 0.775. The second-order valence-electron chi connectivity index (χ2n) is 3.30. The third-order valence-electron chi connectivity index (χ3n) is 2.25. The van der Waals surface area contributed by atoms with Crippen LogP contribution in [0.5, 0.6) is 5.75 Å². The predicted molar refractivity (Wildman–Crippen MR) is 57.1 cm³/mol. The van der Waals surface area contributed by atoms with Crippen LogP contribution in [0.25, 0.3) is 0 Å². The van der Waals surface area contributed by atoms with Gasteiger partial charge in [-0.2, -0.15) is 0 Å². The summed E-state index contributed by atoms with van der Waals surface area (Å²) in [6.07, 6.45) is 2.03. The SMILES string of the molecule is COc1csc(C(=O)N2CCCCO2)c1. The van der Waals surface area contributed by atoms with Crippen LogP contribution in [0.3, 0.4) is 0 Å². The second kappa shape index (κ2) is 4.63. The van der Waals surface area contributed by atoms with Crippen molar-refractivity contribution in [1.82, 2.24) is 5.06 Å². The molecule has 1 aromatic rings. The summed E-state index contributed by atoms with van der Waals surface area (Å²) in [5, 5.41) is 3.26. The molecule has 0 radical (unpaired) electrons. The van der Waals surface area contributed by atoms with Crippen LogP contribution in [-0.4, -0.2) is 31.2 Å². The second-order valence-corrected chi connectivity index (χ2v) is 4.21. The molecule has 0 atom stereocenters. The molecule has 1 aliphatic rings. The van der Waals surface area contributed by atoms with E-state index < -0.39 is 0 Å². The lowest BCUT2D eigenvalue weighted by atomic mass is 10.3. The zero-order valence-electron chi connectivity index (χ0n) is 8.56. The lowest BCUT2D eigenvalue weighted by Gasteiger charge is -2.25. The van der Waals surface area contributed by atoms with Gasteiger partial charge in [-0.25, -0.2) is 5.06 Å². The topological polar surface area (TPSA) is 38.8 Å². The van der Waals surface area contributed by atoms with Gasteiger partial charge in [-0.15, -0.1) is 11.3 Å². The van der Waals surface area contributed by atoms with Crippen LogP contribution in [-0.2, 0) is 4.84 Å². The Morgan fingerprint density at radius 3 is 3.07 bits per heavy atom. The van der Waals surface area contributed by atoms with Crippen LogP contribution in [0, 0.1) is 0 Å². The van der Waals surface area contributed by atoms with Gasteiger partial charge in [0.2, 0.25) is 0 Å². The zero-order chi connectivity index (χ0) is 10.7. The van der Waals surface area contributed by atoms with Crippen molar-refractivity contribution in [3.8, 4) is 5.75 Å². The van der Waals surface area contributed by atoms with E-state index >= 15 is 0 Å². The number of nitrogens with zero attached hydrogens (tertiary/aromatic N) is 1. The molecule has 4 nitrogen and oxygen atoms in total. The van der Waals surface area contributed by atoms with Crippen molar-refractivity contribution in [1.29, 1.82) is 0 Å². The zero-order valence-corrected chi connectivity index (χ0v) is 9.38. The van der Waals surface area contributed by atoms with Crippen LogP contribution in [0.4, 0.5) is 0 Å². The number of ether oxygens (including phenoxy) is 1. The van der Waals surface area contributed by atoms with Crippen molar-refractivity contribution in [2.75, 3.05) is 20.3 Å². The van der Waals surface area contributed by atoms with Gasteiger partial charge in [0.05, 0.1) is 18.6 Å². The fraction of sp³-hybridized carbons (Fsp3) is 0.500. The number of thiophene rings is 1. The summed E-state index contributed by atoms with van der Waals surface area (Å²) < 4.78 is 5.03. The monoisotopic (exact) mass is 227 g/mol. The van der Waals surface area contributed by atoms with Crippen molar-refractivity contribution < 1.29 is 14.4 Å². The highest BCUT2D eigenvalue weighted by Crippen LogP contribution is 2.23. The molecule has 0 spiro atoms. The molecule has 1 amide bonds. The largest absolute Gasteiger partial charge is 0.496 e. The number of rotatable bonds is 2. The van der Waals surface area contributed by atoms with E-state index in [-0.39, 0.29) is 5.91 Å². The van der Waals surface area contributed by atoms with E-state index in [0.29, 0.717) is 18.0 Å². The van der Waals surface area contributed by atoms with Crippen LogP contribution >= 0.6 is 11.3 Å². The van der Waals surface area contributed by atoms with E-state index in [2.05, 4.69) is 0 Å². The molecule has 0 bridgehead atoms. The fourth-order valence-corrected chi connectivity index (χ4v) is 2.21. The van der Waals surface area contributed by atoms with Gasteiger partial charge in [-0.1, -0.05) is 0 Å². The van der Waals surface area contributed by atoms with E-state index in [9.17, 15) is 4.79 Å². The first-order valence-electron chi connectivity index (χ1n) is 4.88. The molecule has 1 aliphatic heterocycles. The number of carbonyl (C=O) groups is 1. The Hall–Kier alpha value is -1.07. The average Bonchev–Trinajstić information content (AvgIpc) is 2.78. The third-order valence-corrected chi connectivity index (χ3v) is 3.15. The molecular formula is C10H13NO3S. The minimum Gasteiger partial charge on any atom is -0.496 e. The summed E-state index contributed by atoms with van der Waals surface area (Å²) in [5.41, 5.74) is 0. The maximum Gasteiger partial charge on any atom is 0.287 e. The van der Waals surface area contributed by atoms with E-state index in [4.69, 9.17) is 9.57 Å². The number of hydrogen-bond acceptors (Lipinski definition) is 4. The normalized spacial score (nSPS) is 16.5. The number of carbonyl (C=O) groups excluding carboxylic acids is 1. The number of hydroxylamine groups is 2. The molecule has 82 valence electrons. The number of hydrogen-bond donors (Lipinski definition) is 0. The molecule has 0 aromatic carbocycles. The van der Waals surface area contributed by atoms with Crippen LogP contribution < -0.4 is 4.74 Å². The Bertz CT molecular complexity index is 344. The Kier molecular flexibility index (Phi) is 3.23. The van der Waals surface area contributed by atoms with Gasteiger partial charge >= 0.3 is 0 Å². The van der Waals surface area contributed by atoms with Crippen molar-refractivity contribution in [3.05, 3.63) is 16.3 Å². The summed E-state index contributed by atoms with van der Waals surface area (Å²) in [4.78, 5) is 17.8. The standard InChI is InChI=1S/C10H13NO3S/c1-13-8-6-9(15-7-8)10(12)11-4-2-3-5-14-11/h6-7H,2-5H2,1H3. The Labute approximate surface area is 92.4 Å². The van der Waals surface area contributed by atoms with Crippen LogP contribution in [0.1, 0.15) is 22.5 Å². The van der Waals surface area contributed by atoms with E-state index in [1.807, 2.05) is 5.38 Å². The molecule has 1 saturated heterocycles. The Morgan fingerprint density at radius 1 is 1.60 bits per heavy atom. The molecule has 1 fully saturated rings. The predicted octanol–water partition coefficient (Wildman–Crippen LogP) is 1.92. The molecule has 0 unspecified atom stereocenters. The van der Waals surface area contributed by atoms with Crippen molar-refractivity contribution in [3.63, 3.8) is 0 Å². The molecule has 15 heavy (non-hydrogen) atoms. The molecule has 0 saturated carbocycles. The van der Waals surface area contributed by atoms with Gasteiger partial charge in [-0.3, -0.25) is 9.63 Å². The molecule has 5 heteroatoms. The lowest BCUT2D eigenvalue weighted by molar-refractivity contribution is -0.143. The average molecular weight is 227 g/mol. The van der Waals surface area contributed by atoms with Gasteiger partial charge in [0.15, 0.2) is 0 Å². The first-order chi connectivity index (χ1) is 7.31. The van der Waals surface area contributed by atoms with E-state index in [1.54, 1.807) is 13.2 Å². The summed E-state index contributed by atoms with van der Waals surface area (Å²) >= 11 is 1.38. The fourth-order valence-electron chi connectivity index (χ4n) is 1.42. The van der Waals surface area contributed by atoms with Gasteiger partial charge < -0.3 is 4.74 Å². The summed E-state index contributed by atoms with van der Waals surface area (Å²) in [7, 11) is 1.59. The van der Waals surface area contributed by atoms with Crippen molar-refractivity contribution in [2.24, 2.45) is 0 Å². The maximum absolute atomic E-state index is 11.9. The maximum atomic E-state index is 11.9. The molecular weight excluding hydrogens is 214 g/mol. The van der Waals surface area contributed by atoms with Gasteiger partial charge in [0.25, 0.3) is 5.91 Å². The van der Waals surface area contributed by atoms with Crippen LogP contribution in [0.15, 0.2) is 11.4 Å². The molecule has 0 aliphatic carbocycles. The Morgan fingerprint density at radius 2 is 2.47 bits per heavy atom. The van der Waals surface area contributed by atoms with Gasteiger partial charge in [0.1, 0.15) is 5.75 Å². The Balaban J connectivity index is 2.05.